The highest BCUT2D eigenvalue weighted by atomic mass is 79.9. The van der Waals surface area contributed by atoms with Gasteiger partial charge in [0.05, 0.1) is 11.6 Å². The number of halogens is 1. The number of hydrogen-bond acceptors (Lipinski definition) is 4. The first-order chi connectivity index (χ1) is 9.65. The van der Waals surface area contributed by atoms with Gasteiger partial charge >= 0.3 is 0 Å². The van der Waals surface area contributed by atoms with E-state index in [-0.39, 0.29) is 5.84 Å². The number of methoxy groups -OCH3 is 1. The van der Waals surface area contributed by atoms with Crippen molar-refractivity contribution in [2.45, 2.75) is 0 Å². The number of rotatable bonds is 4. The monoisotopic (exact) mass is 336 g/mol. The fraction of sp³-hybridized carbons (Fsp3) is 0.0714. The van der Waals surface area contributed by atoms with Gasteiger partial charge in [-0.15, -0.1) is 0 Å². The smallest absolute Gasteiger partial charge is 0.170 e. The molecule has 0 unspecified atom stereocenters. The van der Waals surface area contributed by atoms with Gasteiger partial charge in [-0.1, -0.05) is 17.3 Å². The quantitative estimate of drug-likeness (QED) is 0.388. The molecule has 0 radical (unpaired) electrons. The fourth-order valence-electron chi connectivity index (χ4n) is 1.62. The third kappa shape index (κ3) is 3.03. The number of nitrogens with zero attached hydrogens (tertiary/aromatic N) is 1. The summed E-state index contributed by atoms with van der Waals surface area (Å²) in [6, 6.07) is 12.5. The molecule has 104 valence electrons. The highest BCUT2D eigenvalue weighted by Gasteiger charge is 2.09. The predicted octanol–water partition coefficient (Wildman–Crippen LogP) is 3.34. The van der Waals surface area contributed by atoms with Crippen molar-refractivity contribution >= 4 is 21.8 Å². The van der Waals surface area contributed by atoms with Crippen LogP contribution in [0.5, 0.6) is 17.2 Å². The fourth-order valence-corrected chi connectivity index (χ4v) is 2.08. The van der Waals surface area contributed by atoms with Crippen LogP contribution < -0.4 is 15.2 Å². The molecule has 6 heteroatoms. The number of oxime groups is 1. The van der Waals surface area contributed by atoms with Crippen molar-refractivity contribution in [1.82, 2.24) is 0 Å². The third-order valence-electron chi connectivity index (χ3n) is 2.62. The number of nitrogens with two attached hydrogens (primary N) is 1. The van der Waals surface area contributed by atoms with Crippen molar-refractivity contribution in [3.8, 4) is 17.2 Å². The second kappa shape index (κ2) is 6.29. The van der Waals surface area contributed by atoms with Crippen LogP contribution in [0, 0.1) is 0 Å². The SMILES string of the molecule is COc1ccccc1Oc1ccc(/C(N)=N/O)cc1Br. The maximum Gasteiger partial charge on any atom is 0.170 e. The minimum absolute atomic E-state index is 0.0366. The summed E-state index contributed by atoms with van der Waals surface area (Å²) < 4.78 is 11.7. The molecule has 0 aliphatic carbocycles. The molecule has 0 spiro atoms. The molecular formula is C14H13BrN2O3. The lowest BCUT2D eigenvalue weighted by molar-refractivity contribution is 0.318. The average Bonchev–Trinajstić information content (AvgIpc) is 2.49. The molecule has 2 aromatic carbocycles. The molecule has 5 nitrogen and oxygen atoms in total. The van der Waals surface area contributed by atoms with Gasteiger partial charge in [-0.2, -0.15) is 0 Å². The minimum atomic E-state index is 0.0366. The summed E-state index contributed by atoms with van der Waals surface area (Å²) in [5, 5.41) is 11.6. The van der Waals surface area contributed by atoms with E-state index in [2.05, 4.69) is 21.1 Å². The van der Waals surface area contributed by atoms with Gasteiger partial charge in [0.25, 0.3) is 0 Å². The average molecular weight is 337 g/mol. The Balaban J connectivity index is 2.30. The number of ether oxygens (including phenoxy) is 2. The molecular weight excluding hydrogens is 324 g/mol. The topological polar surface area (TPSA) is 77.1 Å². The van der Waals surface area contributed by atoms with E-state index in [9.17, 15) is 0 Å². The van der Waals surface area contributed by atoms with Crippen LogP contribution in [0.2, 0.25) is 0 Å². The van der Waals surface area contributed by atoms with Crippen molar-refractivity contribution in [1.29, 1.82) is 0 Å². The third-order valence-corrected chi connectivity index (χ3v) is 3.24. The van der Waals surface area contributed by atoms with Gasteiger partial charge in [0.15, 0.2) is 17.3 Å². The van der Waals surface area contributed by atoms with E-state index in [1.807, 2.05) is 24.3 Å². The Labute approximate surface area is 124 Å². The molecule has 3 N–H and O–H groups in total. The van der Waals surface area contributed by atoms with Gasteiger partial charge < -0.3 is 20.4 Å². The van der Waals surface area contributed by atoms with Gasteiger partial charge in [0, 0.05) is 5.56 Å². The van der Waals surface area contributed by atoms with Crippen LogP contribution in [-0.4, -0.2) is 18.2 Å². The van der Waals surface area contributed by atoms with Crippen LogP contribution in [0.3, 0.4) is 0 Å². The first-order valence-corrected chi connectivity index (χ1v) is 6.53. The summed E-state index contributed by atoms with van der Waals surface area (Å²) in [4.78, 5) is 0. The van der Waals surface area contributed by atoms with Gasteiger partial charge in [-0.25, -0.2) is 0 Å². The molecule has 20 heavy (non-hydrogen) atoms. The highest BCUT2D eigenvalue weighted by molar-refractivity contribution is 9.10. The molecule has 2 rings (SSSR count). The lowest BCUT2D eigenvalue weighted by Gasteiger charge is -2.11. The molecule has 0 saturated heterocycles. The summed E-state index contributed by atoms with van der Waals surface area (Å²) in [5.74, 6) is 1.88. The van der Waals surface area contributed by atoms with E-state index < -0.39 is 0 Å². The minimum Gasteiger partial charge on any atom is -0.493 e. The maximum absolute atomic E-state index is 8.65. The van der Waals surface area contributed by atoms with Crippen LogP contribution in [0.15, 0.2) is 52.1 Å². The van der Waals surface area contributed by atoms with Crippen molar-refractivity contribution in [3.05, 3.63) is 52.5 Å². The molecule has 2 aromatic rings. The van der Waals surface area contributed by atoms with Crippen molar-refractivity contribution in [2.24, 2.45) is 10.9 Å². The second-order valence-corrected chi connectivity index (χ2v) is 4.74. The zero-order chi connectivity index (χ0) is 14.5. The molecule has 0 aromatic heterocycles. The van der Waals surface area contributed by atoms with Gasteiger partial charge in [0.1, 0.15) is 5.75 Å². The normalized spacial score (nSPS) is 11.2. The second-order valence-electron chi connectivity index (χ2n) is 3.88. The first-order valence-electron chi connectivity index (χ1n) is 5.74. The van der Waals surface area contributed by atoms with Gasteiger partial charge in [-0.3, -0.25) is 0 Å². The standard InChI is InChI=1S/C14H13BrN2O3/c1-19-12-4-2-3-5-13(12)20-11-7-6-9(8-10(11)15)14(16)17-18/h2-8,18H,1H3,(H2,16,17). The molecule has 0 aliphatic rings. The van der Waals surface area contributed by atoms with E-state index in [0.29, 0.717) is 27.3 Å². The van der Waals surface area contributed by atoms with Crippen LogP contribution in [0.25, 0.3) is 0 Å². The number of benzene rings is 2. The number of amidine groups is 1. The van der Waals surface area contributed by atoms with Crippen molar-refractivity contribution in [2.75, 3.05) is 7.11 Å². The summed E-state index contributed by atoms with van der Waals surface area (Å²) in [6.07, 6.45) is 0. The number of para-hydroxylation sites is 2. The first kappa shape index (κ1) is 14.2. The highest BCUT2D eigenvalue weighted by Crippen LogP contribution is 2.35. The van der Waals surface area contributed by atoms with Gasteiger partial charge in [0.2, 0.25) is 0 Å². The zero-order valence-corrected chi connectivity index (χ0v) is 12.3. The molecule has 0 atom stereocenters. The Kier molecular flexibility index (Phi) is 4.47. The molecule has 0 saturated carbocycles. The summed E-state index contributed by atoms with van der Waals surface area (Å²) in [5.41, 5.74) is 6.12. The van der Waals surface area contributed by atoms with E-state index in [1.165, 1.54) is 0 Å². The molecule has 0 amide bonds. The Bertz CT molecular complexity index is 644. The largest absolute Gasteiger partial charge is 0.493 e. The number of hydrogen-bond donors (Lipinski definition) is 2. The van der Waals surface area contributed by atoms with Crippen LogP contribution in [0.4, 0.5) is 0 Å². The van der Waals surface area contributed by atoms with Crippen LogP contribution >= 0.6 is 15.9 Å². The van der Waals surface area contributed by atoms with Crippen molar-refractivity contribution < 1.29 is 14.7 Å². The summed E-state index contributed by atoms with van der Waals surface area (Å²) in [6.45, 7) is 0. The lowest BCUT2D eigenvalue weighted by Crippen LogP contribution is -2.12. The summed E-state index contributed by atoms with van der Waals surface area (Å²) in [7, 11) is 1.58. The maximum atomic E-state index is 8.65. The van der Waals surface area contributed by atoms with E-state index in [0.717, 1.165) is 0 Å². The van der Waals surface area contributed by atoms with Crippen LogP contribution in [-0.2, 0) is 0 Å². The Morgan fingerprint density at radius 1 is 1.15 bits per heavy atom. The van der Waals surface area contributed by atoms with E-state index >= 15 is 0 Å². The molecule has 0 bridgehead atoms. The lowest BCUT2D eigenvalue weighted by atomic mass is 10.2. The molecule has 0 aliphatic heterocycles. The van der Waals surface area contributed by atoms with E-state index in [1.54, 1.807) is 25.3 Å². The Morgan fingerprint density at radius 2 is 1.85 bits per heavy atom. The molecule has 0 heterocycles. The Morgan fingerprint density at radius 3 is 2.45 bits per heavy atom. The summed E-state index contributed by atoms with van der Waals surface area (Å²) >= 11 is 3.39. The van der Waals surface area contributed by atoms with Crippen LogP contribution in [0.1, 0.15) is 5.56 Å². The van der Waals surface area contributed by atoms with Gasteiger partial charge in [-0.05, 0) is 46.3 Å². The zero-order valence-electron chi connectivity index (χ0n) is 10.7. The Hall–Kier alpha value is -2.21. The predicted molar refractivity (Wildman–Crippen MR) is 79.7 cm³/mol. The van der Waals surface area contributed by atoms with E-state index in [4.69, 9.17) is 20.4 Å². The molecule has 0 fully saturated rings. The van der Waals surface area contributed by atoms with Crippen molar-refractivity contribution in [3.63, 3.8) is 0 Å².